The van der Waals surface area contributed by atoms with Crippen molar-refractivity contribution in [3.05, 3.63) is 70.8 Å². The van der Waals surface area contributed by atoms with E-state index >= 15 is 0 Å². The van der Waals surface area contributed by atoms with Crippen molar-refractivity contribution < 1.29 is 4.79 Å². The maximum Gasteiger partial charge on any atom is 0.250 e. The van der Waals surface area contributed by atoms with Crippen molar-refractivity contribution in [3.8, 4) is 0 Å². The summed E-state index contributed by atoms with van der Waals surface area (Å²) in [5.41, 5.74) is 5.31. The van der Waals surface area contributed by atoms with Crippen molar-refractivity contribution in [1.29, 1.82) is 0 Å². The Labute approximate surface area is 142 Å². The number of carbonyl (C=O) groups excluding carboxylic acids is 1. The topological polar surface area (TPSA) is 41.1 Å². The number of carbonyl (C=O) groups is 1. The number of aryl methyl sites for hydroxylation is 3. The quantitative estimate of drug-likeness (QED) is 0.658. The molecule has 0 heterocycles. The van der Waals surface area contributed by atoms with Gasteiger partial charge in [-0.05, 0) is 67.9 Å². The van der Waals surface area contributed by atoms with Gasteiger partial charge in [0.1, 0.15) is 0 Å². The minimum Gasteiger partial charge on any atom is -0.332 e. The highest BCUT2D eigenvalue weighted by Gasteiger charge is 2.02. The van der Waals surface area contributed by atoms with Crippen LogP contribution in [-0.4, -0.2) is 11.0 Å². The van der Waals surface area contributed by atoms with Crippen molar-refractivity contribution in [2.75, 3.05) is 5.32 Å². The minimum atomic E-state index is -0.257. The molecular weight excluding hydrogens is 304 g/mol. The highest BCUT2D eigenvalue weighted by atomic mass is 32.1. The number of nitrogens with one attached hydrogen (secondary N) is 2. The summed E-state index contributed by atoms with van der Waals surface area (Å²) in [5.74, 6) is -0.257. The lowest BCUT2D eigenvalue weighted by Crippen LogP contribution is -2.32. The van der Waals surface area contributed by atoms with E-state index in [9.17, 15) is 4.79 Å². The summed E-state index contributed by atoms with van der Waals surface area (Å²) in [6.45, 7) is 6.06. The molecular formula is C19H20N2OS. The predicted octanol–water partition coefficient (Wildman–Crippen LogP) is 4.14. The standard InChI is InChI=1S/C19H20N2OS/c1-13-4-6-16(7-5-13)8-9-18(22)21-19(23)20-17-11-14(2)10-15(3)12-17/h4-12H,1-3H3,(H2,20,21,22,23)/b9-8+. The lowest BCUT2D eigenvalue weighted by molar-refractivity contribution is -0.115. The molecule has 23 heavy (non-hydrogen) atoms. The van der Waals surface area contributed by atoms with Gasteiger partial charge in [0.25, 0.3) is 0 Å². The molecule has 2 aromatic carbocycles. The van der Waals surface area contributed by atoms with Gasteiger partial charge in [0.2, 0.25) is 5.91 Å². The first-order chi connectivity index (χ1) is 10.9. The van der Waals surface area contributed by atoms with Gasteiger partial charge in [-0.1, -0.05) is 35.9 Å². The van der Waals surface area contributed by atoms with Gasteiger partial charge in [0.15, 0.2) is 5.11 Å². The van der Waals surface area contributed by atoms with Gasteiger partial charge in [0.05, 0.1) is 0 Å². The molecule has 0 bridgehead atoms. The van der Waals surface area contributed by atoms with E-state index in [1.165, 1.54) is 11.6 Å². The molecule has 0 aliphatic rings. The third kappa shape index (κ3) is 5.68. The van der Waals surface area contributed by atoms with Crippen LogP contribution in [0.2, 0.25) is 0 Å². The van der Waals surface area contributed by atoms with Crippen LogP contribution in [0.1, 0.15) is 22.3 Å². The van der Waals surface area contributed by atoms with Crippen LogP contribution in [-0.2, 0) is 4.79 Å². The van der Waals surface area contributed by atoms with E-state index in [0.29, 0.717) is 0 Å². The Bertz CT molecular complexity index is 728. The molecule has 0 fully saturated rings. The summed E-state index contributed by atoms with van der Waals surface area (Å²) in [4.78, 5) is 11.9. The molecule has 0 aliphatic carbocycles. The number of benzene rings is 2. The van der Waals surface area contributed by atoms with Crippen LogP contribution in [0.15, 0.2) is 48.5 Å². The first kappa shape index (κ1) is 16.9. The fraction of sp³-hybridized carbons (Fsp3) is 0.158. The smallest absolute Gasteiger partial charge is 0.250 e. The number of hydrogen-bond acceptors (Lipinski definition) is 2. The highest BCUT2D eigenvalue weighted by Crippen LogP contribution is 2.13. The molecule has 2 aromatic rings. The Morgan fingerprint density at radius 1 is 0.957 bits per heavy atom. The summed E-state index contributed by atoms with van der Waals surface area (Å²) in [5, 5.41) is 5.95. The Morgan fingerprint density at radius 3 is 2.17 bits per heavy atom. The maximum atomic E-state index is 11.9. The van der Waals surface area contributed by atoms with E-state index in [2.05, 4.69) is 16.7 Å². The van der Waals surface area contributed by atoms with Crippen LogP contribution in [0.25, 0.3) is 6.08 Å². The Balaban J connectivity index is 1.91. The van der Waals surface area contributed by atoms with E-state index in [0.717, 1.165) is 22.4 Å². The Kier molecular flexibility index (Phi) is 5.66. The van der Waals surface area contributed by atoms with Gasteiger partial charge in [-0.2, -0.15) is 0 Å². The van der Waals surface area contributed by atoms with Gasteiger partial charge in [-0.15, -0.1) is 0 Å². The highest BCUT2D eigenvalue weighted by molar-refractivity contribution is 7.80. The zero-order chi connectivity index (χ0) is 16.8. The van der Waals surface area contributed by atoms with E-state index in [1.54, 1.807) is 6.08 Å². The van der Waals surface area contributed by atoms with Gasteiger partial charge < -0.3 is 5.32 Å². The van der Waals surface area contributed by atoms with Crippen molar-refractivity contribution >= 4 is 35.0 Å². The molecule has 1 amide bonds. The largest absolute Gasteiger partial charge is 0.332 e. The molecule has 0 atom stereocenters. The average Bonchev–Trinajstić information content (AvgIpc) is 2.45. The van der Waals surface area contributed by atoms with Crippen molar-refractivity contribution in [1.82, 2.24) is 5.32 Å². The van der Waals surface area contributed by atoms with Gasteiger partial charge in [-0.25, -0.2) is 0 Å². The monoisotopic (exact) mass is 324 g/mol. The molecule has 4 heteroatoms. The zero-order valence-electron chi connectivity index (χ0n) is 13.5. The number of hydrogen-bond donors (Lipinski definition) is 2. The van der Waals surface area contributed by atoms with E-state index < -0.39 is 0 Å². The molecule has 2 rings (SSSR count). The van der Waals surface area contributed by atoms with Gasteiger partial charge in [0, 0.05) is 11.8 Å². The second kappa shape index (κ2) is 7.70. The first-order valence-electron chi connectivity index (χ1n) is 7.37. The Hall–Kier alpha value is -2.46. The number of thiocarbonyl (C=S) groups is 1. The minimum absolute atomic E-state index is 0.257. The lowest BCUT2D eigenvalue weighted by atomic mass is 10.1. The van der Waals surface area contributed by atoms with Crippen LogP contribution in [0.3, 0.4) is 0 Å². The summed E-state index contributed by atoms with van der Waals surface area (Å²) >= 11 is 5.17. The molecule has 0 unspecified atom stereocenters. The molecule has 0 saturated heterocycles. The van der Waals surface area contributed by atoms with Gasteiger partial charge >= 0.3 is 0 Å². The van der Waals surface area contributed by atoms with E-state index in [4.69, 9.17) is 12.2 Å². The summed E-state index contributed by atoms with van der Waals surface area (Å²) in [6.07, 6.45) is 3.23. The Morgan fingerprint density at radius 2 is 1.57 bits per heavy atom. The lowest BCUT2D eigenvalue weighted by Gasteiger charge is -2.09. The molecule has 0 aliphatic heterocycles. The van der Waals surface area contributed by atoms with E-state index in [1.807, 2.05) is 57.2 Å². The number of rotatable bonds is 3. The second-order valence-corrected chi connectivity index (χ2v) is 5.97. The van der Waals surface area contributed by atoms with Crippen LogP contribution in [0, 0.1) is 20.8 Å². The normalized spacial score (nSPS) is 10.6. The SMILES string of the molecule is Cc1ccc(/C=C/C(=O)NC(=S)Nc2cc(C)cc(C)c2)cc1. The van der Waals surface area contributed by atoms with Crippen LogP contribution in [0.5, 0.6) is 0 Å². The molecule has 118 valence electrons. The molecule has 0 radical (unpaired) electrons. The third-order valence-corrected chi connectivity index (χ3v) is 3.42. The van der Waals surface area contributed by atoms with E-state index in [-0.39, 0.29) is 11.0 Å². The number of amides is 1. The second-order valence-electron chi connectivity index (χ2n) is 5.56. The summed E-state index contributed by atoms with van der Waals surface area (Å²) in [6, 6.07) is 14.0. The van der Waals surface area contributed by atoms with Gasteiger partial charge in [-0.3, -0.25) is 10.1 Å². The molecule has 2 N–H and O–H groups in total. The maximum absolute atomic E-state index is 11.9. The summed E-state index contributed by atoms with van der Waals surface area (Å²) < 4.78 is 0. The van der Waals surface area contributed by atoms with Crippen LogP contribution in [0.4, 0.5) is 5.69 Å². The first-order valence-corrected chi connectivity index (χ1v) is 7.78. The summed E-state index contributed by atoms with van der Waals surface area (Å²) in [7, 11) is 0. The van der Waals surface area contributed by atoms with Crippen LogP contribution >= 0.6 is 12.2 Å². The third-order valence-electron chi connectivity index (χ3n) is 3.22. The molecule has 3 nitrogen and oxygen atoms in total. The van der Waals surface area contributed by atoms with Crippen molar-refractivity contribution in [2.24, 2.45) is 0 Å². The zero-order valence-corrected chi connectivity index (χ0v) is 14.3. The molecule has 0 spiro atoms. The molecule has 0 saturated carbocycles. The number of anilines is 1. The average molecular weight is 324 g/mol. The van der Waals surface area contributed by atoms with Crippen molar-refractivity contribution in [3.63, 3.8) is 0 Å². The fourth-order valence-electron chi connectivity index (χ4n) is 2.21. The fourth-order valence-corrected chi connectivity index (χ4v) is 2.43. The van der Waals surface area contributed by atoms with Crippen LogP contribution < -0.4 is 10.6 Å². The predicted molar refractivity (Wildman–Crippen MR) is 100 cm³/mol. The van der Waals surface area contributed by atoms with Crippen molar-refractivity contribution in [2.45, 2.75) is 20.8 Å². The molecule has 0 aromatic heterocycles.